The molecule has 0 aliphatic carbocycles. The van der Waals surface area contributed by atoms with Crippen LogP contribution in [0.15, 0.2) is 54.6 Å². The van der Waals surface area contributed by atoms with Gasteiger partial charge >= 0.3 is 0 Å². The Bertz CT molecular complexity index is 582. The molecule has 3 nitrogen and oxygen atoms in total. The summed E-state index contributed by atoms with van der Waals surface area (Å²) in [6.45, 7) is 6.99. The molecule has 0 radical (unpaired) electrons. The van der Waals surface area contributed by atoms with Gasteiger partial charge in [0, 0.05) is 17.2 Å². The highest BCUT2D eigenvalue weighted by Gasteiger charge is 2.30. The monoisotopic (exact) mass is 334 g/mol. The number of aliphatic hydroxyl groups excluding tert-OH is 1. The summed E-state index contributed by atoms with van der Waals surface area (Å²) in [6.07, 6.45) is -0.536. The second kappa shape index (κ2) is 8.34. The maximum atomic E-state index is 10.5. The molecule has 124 valence electrons. The van der Waals surface area contributed by atoms with Crippen LogP contribution in [0.4, 0.5) is 5.69 Å². The van der Waals surface area contributed by atoms with Gasteiger partial charge in [-0.2, -0.15) is 0 Å². The predicted molar refractivity (Wildman–Crippen MR) is 97.1 cm³/mol. The molecule has 2 aromatic carbocycles. The lowest BCUT2D eigenvalue weighted by molar-refractivity contribution is 0.0731. The Morgan fingerprint density at radius 3 is 2.17 bits per heavy atom. The van der Waals surface area contributed by atoms with Crippen LogP contribution in [0.2, 0.25) is 5.02 Å². The zero-order valence-electron chi connectivity index (χ0n) is 13.8. The Hall–Kier alpha value is -1.55. The second-order valence-corrected chi connectivity index (χ2v) is 6.15. The van der Waals surface area contributed by atoms with E-state index < -0.39 is 6.10 Å². The van der Waals surface area contributed by atoms with Crippen molar-refractivity contribution in [1.29, 1.82) is 0 Å². The van der Waals surface area contributed by atoms with E-state index in [9.17, 15) is 5.11 Å². The van der Waals surface area contributed by atoms with Crippen molar-refractivity contribution >= 4 is 17.3 Å². The molecule has 2 rings (SSSR count). The van der Waals surface area contributed by atoms with E-state index in [2.05, 4.69) is 13.8 Å². The molecule has 0 heterocycles. The maximum absolute atomic E-state index is 10.5. The first-order valence-corrected chi connectivity index (χ1v) is 8.45. The molecule has 0 aliphatic rings. The zero-order chi connectivity index (χ0) is 16.7. The Morgan fingerprint density at radius 2 is 1.61 bits per heavy atom. The average molecular weight is 335 g/mol. The van der Waals surface area contributed by atoms with E-state index in [4.69, 9.17) is 16.3 Å². The number of likely N-dealkylation sites (N-methyl/N-ethyl adjacent to an activating group) is 1. The molecular formula is C19H25ClNO2+. The molecule has 0 fully saturated rings. The van der Waals surface area contributed by atoms with E-state index in [1.54, 1.807) is 0 Å². The van der Waals surface area contributed by atoms with Gasteiger partial charge in [-0.05, 0) is 38.1 Å². The molecule has 0 saturated heterocycles. The molecule has 4 heteroatoms. The third-order valence-corrected chi connectivity index (χ3v) is 4.58. The minimum atomic E-state index is -0.536. The molecule has 2 aromatic rings. The number of hydrogen-bond donors (Lipinski definition) is 1. The van der Waals surface area contributed by atoms with Crippen molar-refractivity contribution in [2.75, 3.05) is 26.2 Å². The predicted octanol–water partition coefficient (Wildman–Crippen LogP) is 4.13. The first-order valence-electron chi connectivity index (χ1n) is 8.08. The highest BCUT2D eigenvalue weighted by molar-refractivity contribution is 6.30. The molecule has 1 unspecified atom stereocenters. The lowest BCUT2D eigenvalue weighted by Gasteiger charge is -2.37. The summed E-state index contributed by atoms with van der Waals surface area (Å²) in [5.74, 6) is 0.782. The summed E-state index contributed by atoms with van der Waals surface area (Å²) in [5, 5.41) is 11.2. The van der Waals surface area contributed by atoms with Crippen molar-refractivity contribution in [3.8, 4) is 5.75 Å². The van der Waals surface area contributed by atoms with Crippen LogP contribution in [0.5, 0.6) is 5.75 Å². The van der Waals surface area contributed by atoms with Crippen molar-refractivity contribution in [3.05, 3.63) is 59.6 Å². The van der Waals surface area contributed by atoms with Crippen LogP contribution >= 0.6 is 11.6 Å². The number of aliphatic hydroxyl groups is 1. The van der Waals surface area contributed by atoms with Gasteiger partial charge in [0.2, 0.25) is 0 Å². The van der Waals surface area contributed by atoms with Crippen LogP contribution in [-0.2, 0) is 0 Å². The molecule has 23 heavy (non-hydrogen) atoms. The zero-order valence-corrected chi connectivity index (χ0v) is 14.5. The van der Waals surface area contributed by atoms with Crippen molar-refractivity contribution < 1.29 is 9.84 Å². The van der Waals surface area contributed by atoms with Crippen LogP contribution in [0, 0.1) is 0 Å². The molecule has 0 spiro atoms. The van der Waals surface area contributed by atoms with E-state index >= 15 is 0 Å². The first kappa shape index (κ1) is 17.8. The number of hydrogen-bond acceptors (Lipinski definition) is 2. The fraction of sp³-hybridized carbons (Fsp3) is 0.368. The summed E-state index contributed by atoms with van der Waals surface area (Å²) in [7, 11) is 0. The van der Waals surface area contributed by atoms with Crippen LogP contribution in [-0.4, -0.2) is 37.5 Å². The summed E-state index contributed by atoms with van der Waals surface area (Å²) >= 11 is 6.00. The summed E-state index contributed by atoms with van der Waals surface area (Å²) in [6, 6.07) is 17.5. The fourth-order valence-electron chi connectivity index (χ4n) is 2.87. The number of halogens is 1. The highest BCUT2D eigenvalue weighted by Crippen LogP contribution is 2.25. The lowest BCUT2D eigenvalue weighted by atomic mass is 10.2. The van der Waals surface area contributed by atoms with Gasteiger partial charge in [0.1, 0.15) is 30.7 Å². The largest absolute Gasteiger partial charge is 0.491 e. The maximum Gasteiger partial charge on any atom is 0.137 e. The van der Waals surface area contributed by atoms with E-state index in [1.807, 2.05) is 54.6 Å². The van der Waals surface area contributed by atoms with E-state index in [0.717, 1.165) is 29.5 Å². The summed E-state index contributed by atoms with van der Waals surface area (Å²) < 4.78 is 6.38. The number of para-hydroxylation sites is 1. The average Bonchev–Trinajstić information content (AvgIpc) is 2.60. The van der Waals surface area contributed by atoms with Gasteiger partial charge in [-0.15, -0.1) is 0 Å². The standard InChI is InChI=1S/C19H25ClNO2/c1-3-21(4-2,17-12-10-16(20)11-13-17)14-18(22)15-23-19-8-6-5-7-9-19/h5-13,18,22H,3-4,14-15H2,1-2H3/q+1. The third-order valence-electron chi connectivity index (χ3n) is 4.33. The highest BCUT2D eigenvalue weighted by atomic mass is 35.5. The van der Waals surface area contributed by atoms with Crippen molar-refractivity contribution in [2.24, 2.45) is 0 Å². The molecule has 0 bridgehead atoms. The van der Waals surface area contributed by atoms with Crippen molar-refractivity contribution in [2.45, 2.75) is 20.0 Å². The fourth-order valence-corrected chi connectivity index (χ4v) is 3.00. The normalized spacial score (nSPS) is 12.9. The van der Waals surface area contributed by atoms with Gasteiger partial charge in [0.05, 0.1) is 13.1 Å². The first-order chi connectivity index (χ1) is 11.1. The molecule has 0 saturated carbocycles. The summed E-state index contributed by atoms with van der Waals surface area (Å²) in [5.41, 5.74) is 1.16. The van der Waals surface area contributed by atoms with Gasteiger partial charge in [0.25, 0.3) is 0 Å². The van der Waals surface area contributed by atoms with Crippen LogP contribution in [0.1, 0.15) is 13.8 Å². The van der Waals surface area contributed by atoms with Gasteiger partial charge in [-0.3, -0.25) is 4.48 Å². The third kappa shape index (κ3) is 4.71. The topological polar surface area (TPSA) is 29.5 Å². The number of rotatable bonds is 8. The molecule has 0 aliphatic heterocycles. The number of benzene rings is 2. The van der Waals surface area contributed by atoms with Crippen molar-refractivity contribution in [1.82, 2.24) is 4.48 Å². The number of quaternary nitrogens is 1. The minimum absolute atomic E-state index is 0.289. The van der Waals surface area contributed by atoms with Crippen LogP contribution < -0.4 is 9.22 Å². The quantitative estimate of drug-likeness (QED) is 0.736. The Labute approximate surface area is 143 Å². The van der Waals surface area contributed by atoms with Crippen LogP contribution in [0.25, 0.3) is 0 Å². The molecule has 1 atom stereocenters. The van der Waals surface area contributed by atoms with Crippen molar-refractivity contribution in [3.63, 3.8) is 0 Å². The SMILES string of the molecule is CC[N+](CC)(CC(O)COc1ccccc1)c1ccc(Cl)cc1. The summed E-state index contributed by atoms with van der Waals surface area (Å²) in [4.78, 5) is 0. The van der Waals surface area contributed by atoms with Gasteiger partial charge in [-0.1, -0.05) is 29.8 Å². The second-order valence-electron chi connectivity index (χ2n) is 5.71. The van der Waals surface area contributed by atoms with Gasteiger partial charge < -0.3 is 9.84 Å². The molecule has 0 aromatic heterocycles. The van der Waals surface area contributed by atoms with E-state index in [1.165, 1.54) is 0 Å². The Balaban J connectivity index is 2.04. The molecular weight excluding hydrogens is 310 g/mol. The smallest absolute Gasteiger partial charge is 0.137 e. The minimum Gasteiger partial charge on any atom is -0.491 e. The Morgan fingerprint density at radius 1 is 1.00 bits per heavy atom. The van der Waals surface area contributed by atoms with E-state index in [-0.39, 0.29) is 6.61 Å². The van der Waals surface area contributed by atoms with Gasteiger partial charge in [-0.25, -0.2) is 0 Å². The van der Waals surface area contributed by atoms with Gasteiger partial charge in [0.15, 0.2) is 0 Å². The van der Waals surface area contributed by atoms with Crippen LogP contribution in [0.3, 0.4) is 0 Å². The number of ether oxygens (including phenoxy) is 1. The Kier molecular flexibility index (Phi) is 6.46. The van der Waals surface area contributed by atoms with E-state index in [0.29, 0.717) is 11.0 Å². The number of nitrogens with zero attached hydrogens (tertiary/aromatic N) is 1. The molecule has 1 N–H and O–H groups in total. The molecule has 0 amide bonds. The lowest BCUT2D eigenvalue weighted by Crippen LogP contribution is -2.54.